The van der Waals surface area contributed by atoms with Gasteiger partial charge in [0.05, 0.1) is 6.54 Å². The molecule has 1 aromatic rings. The number of hydrogen-bond acceptors (Lipinski definition) is 3. The van der Waals surface area contributed by atoms with Crippen molar-refractivity contribution in [3.05, 3.63) is 35.4 Å². The average molecular weight is 525 g/mol. The zero-order valence-corrected chi connectivity index (χ0v) is 19.2. The van der Waals surface area contributed by atoms with Crippen molar-refractivity contribution >= 4 is 29.9 Å². The van der Waals surface area contributed by atoms with Gasteiger partial charge in [-0.25, -0.2) is 0 Å². The summed E-state index contributed by atoms with van der Waals surface area (Å²) in [5.41, 5.74) is 2.47. The minimum atomic E-state index is -4.14. The fourth-order valence-corrected chi connectivity index (χ4v) is 3.88. The maximum Gasteiger partial charge on any atom is 0.401 e. The van der Waals surface area contributed by atoms with Crippen molar-refractivity contribution in [3.63, 3.8) is 0 Å². The quantitative estimate of drug-likeness (QED) is 0.340. The highest BCUT2D eigenvalue weighted by Crippen LogP contribution is 2.20. The maximum absolute atomic E-state index is 12.5. The zero-order valence-electron chi connectivity index (χ0n) is 16.8. The second kappa shape index (κ2) is 11.4. The molecule has 2 aliphatic heterocycles. The van der Waals surface area contributed by atoms with Gasteiger partial charge in [0, 0.05) is 39.3 Å². The first kappa shape index (κ1) is 24.2. The van der Waals surface area contributed by atoms with Gasteiger partial charge in [0.2, 0.25) is 0 Å². The molecule has 2 heterocycles. The van der Waals surface area contributed by atoms with Crippen molar-refractivity contribution in [2.45, 2.75) is 44.6 Å². The molecule has 0 spiro atoms. The van der Waals surface area contributed by atoms with Crippen LogP contribution < -0.4 is 10.6 Å². The number of rotatable bonds is 6. The molecule has 164 valence electrons. The third-order valence-electron chi connectivity index (χ3n) is 5.33. The Hall–Kier alpha value is -1.07. The maximum atomic E-state index is 12.5. The summed E-state index contributed by atoms with van der Waals surface area (Å²) in [6.07, 6.45) is -0.871. The lowest BCUT2D eigenvalue weighted by Gasteiger charge is -2.20. The van der Waals surface area contributed by atoms with Gasteiger partial charge in [-0.2, -0.15) is 13.2 Å². The minimum absolute atomic E-state index is 0. The van der Waals surface area contributed by atoms with E-state index in [1.165, 1.54) is 36.4 Å². The molecule has 1 aromatic carbocycles. The summed E-state index contributed by atoms with van der Waals surface area (Å²) in [7, 11) is 1.68. The van der Waals surface area contributed by atoms with E-state index in [0.717, 1.165) is 12.1 Å². The molecule has 2 fully saturated rings. The van der Waals surface area contributed by atoms with Crippen molar-refractivity contribution in [1.82, 2.24) is 20.4 Å². The van der Waals surface area contributed by atoms with Crippen molar-refractivity contribution < 1.29 is 13.2 Å². The van der Waals surface area contributed by atoms with E-state index in [4.69, 9.17) is 0 Å². The van der Waals surface area contributed by atoms with Gasteiger partial charge in [0.1, 0.15) is 0 Å². The molecule has 0 aromatic heterocycles. The number of likely N-dealkylation sites (tertiary alicyclic amines) is 2. The normalized spacial score (nSPS) is 21.2. The standard InChI is InChI=1S/C20H30F3N5.HI/c1-24-19(26-18-8-11-28(14-18)15-20(21,22)23)25-12-16-4-6-17(7-5-16)13-27-9-2-3-10-27;/h4-7,18H,2-3,8-15H2,1H3,(H2,24,25,26);1H. The second-order valence-corrected chi connectivity index (χ2v) is 7.71. The first-order chi connectivity index (χ1) is 13.4. The van der Waals surface area contributed by atoms with Crippen LogP contribution in [0.4, 0.5) is 13.2 Å². The summed E-state index contributed by atoms with van der Waals surface area (Å²) in [6.45, 7) is 3.99. The van der Waals surface area contributed by atoms with E-state index in [1.54, 1.807) is 7.05 Å². The van der Waals surface area contributed by atoms with Crippen LogP contribution in [0, 0.1) is 0 Å². The molecule has 9 heteroatoms. The van der Waals surface area contributed by atoms with Crippen molar-refractivity contribution in [3.8, 4) is 0 Å². The molecular formula is C20H31F3IN5. The number of halogens is 4. The first-order valence-electron chi connectivity index (χ1n) is 9.98. The molecule has 2 N–H and O–H groups in total. The Bertz CT molecular complexity index is 645. The largest absolute Gasteiger partial charge is 0.401 e. The molecule has 1 atom stereocenters. The van der Waals surface area contributed by atoms with E-state index >= 15 is 0 Å². The van der Waals surface area contributed by atoms with E-state index in [9.17, 15) is 13.2 Å². The van der Waals surface area contributed by atoms with E-state index in [-0.39, 0.29) is 30.0 Å². The number of hydrogen-bond donors (Lipinski definition) is 2. The van der Waals surface area contributed by atoms with Gasteiger partial charge in [0.15, 0.2) is 5.96 Å². The Labute approximate surface area is 188 Å². The molecular weight excluding hydrogens is 494 g/mol. The molecule has 0 radical (unpaired) electrons. The molecule has 0 saturated carbocycles. The molecule has 29 heavy (non-hydrogen) atoms. The Balaban J connectivity index is 0.00000300. The Morgan fingerprint density at radius 3 is 2.34 bits per heavy atom. The van der Waals surface area contributed by atoms with Gasteiger partial charge in [-0.1, -0.05) is 24.3 Å². The monoisotopic (exact) mass is 525 g/mol. The summed E-state index contributed by atoms with van der Waals surface area (Å²) in [4.78, 5) is 8.11. The summed E-state index contributed by atoms with van der Waals surface area (Å²) in [5, 5.41) is 6.49. The van der Waals surface area contributed by atoms with Gasteiger partial charge >= 0.3 is 6.18 Å². The number of benzene rings is 1. The Morgan fingerprint density at radius 1 is 1.07 bits per heavy atom. The van der Waals surface area contributed by atoms with Crippen LogP contribution in [0.25, 0.3) is 0 Å². The molecule has 0 bridgehead atoms. The van der Waals surface area contributed by atoms with E-state index in [0.29, 0.717) is 32.0 Å². The average Bonchev–Trinajstić information content (AvgIpc) is 3.30. The minimum Gasteiger partial charge on any atom is -0.352 e. The van der Waals surface area contributed by atoms with Crippen LogP contribution in [0.15, 0.2) is 29.3 Å². The molecule has 2 aliphatic rings. The highest BCUT2D eigenvalue weighted by molar-refractivity contribution is 14.0. The van der Waals surface area contributed by atoms with Crippen LogP contribution >= 0.6 is 24.0 Å². The lowest BCUT2D eigenvalue weighted by molar-refractivity contribution is -0.143. The highest BCUT2D eigenvalue weighted by Gasteiger charge is 2.34. The molecule has 0 amide bonds. The highest BCUT2D eigenvalue weighted by atomic mass is 127. The topological polar surface area (TPSA) is 42.9 Å². The summed E-state index contributed by atoms with van der Waals surface area (Å²) in [5.74, 6) is 0.625. The van der Waals surface area contributed by atoms with E-state index in [1.807, 2.05) is 0 Å². The molecule has 0 aliphatic carbocycles. The number of nitrogens with zero attached hydrogens (tertiary/aromatic N) is 3. The summed E-state index contributed by atoms with van der Waals surface area (Å²) >= 11 is 0. The fraction of sp³-hybridized carbons (Fsp3) is 0.650. The summed E-state index contributed by atoms with van der Waals surface area (Å²) in [6, 6.07) is 8.55. The smallest absolute Gasteiger partial charge is 0.352 e. The lowest BCUT2D eigenvalue weighted by atomic mass is 10.1. The van der Waals surface area contributed by atoms with Gasteiger partial charge in [-0.3, -0.25) is 14.8 Å². The second-order valence-electron chi connectivity index (χ2n) is 7.71. The zero-order chi connectivity index (χ0) is 20.0. The predicted molar refractivity (Wildman–Crippen MR) is 121 cm³/mol. The molecule has 5 nitrogen and oxygen atoms in total. The van der Waals surface area contributed by atoms with Gasteiger partial charge in [-0.15, -0.1) is 24.0 Å². The lowest BCUT2D eigenvalue weighted by Crippen LogP contribution is -2.44. The number of guanidine groups is 1. The Kier molecular flexibility index (Phi) is 9.48. The molecule has 2 saturated heterocycles. The van der Waals surface area contributed by atoms with Gasteiger partial charge in [-0.05, 0) is 43.5 Å². The van der Waals surface area contributed by atoms with Crippen LogP contribution in [-0.2, 0) is 13.1 Å². The number of alkyl halides is 3. The van der Waals surface area contributed by atoms with Crippen LogP contribution in [0.2, 0.25) is 0 Å². The van der Waals surface area contributed by atoms with E-state index in [2.05, 4.69) is 44.8 Å². The number of nitrogens with one attached hydrogen (secondary N) is 2. The van der Waals surface area contributed by atoms with Crippen LogP contribution in [0.1, 0.15) is 30.4 Å². The van der Waals surface area contributed by atoms with Gasteiger partial charge in [0.25, 0.3) is 0 Å². The fourth-order valence-electron chi connectivity index (χ4n) is 3.88. The van der Waals surface area contributed by atoms with Crippen LogP contribution in [0.5, 0.6) is 0 Å². The molecule has 1 unspecified atom stereocenters. The summed E-state index contributed by atoms with van der Waals surface area (Å²) < 4.78 is 37.5. The number of aliphatic imine (C=N–C) groups is 1. The molecule has 3 rings (SSSR count). The van der Waals surface area contributed by atoms with Crippen molar-refractivity contribution in [1.29, 1.82) is 0 Å². The van der Waals surface area contributed by atoms with Gasteiger partial charge < -0.3 is 10.6 Å². The third-order valence-corrected chi connectivity index (χ3v) is 5.33. The van der Waals surface area contributed by atoms with Crippen molar-refractivity contribution in [2.24, 2.45) is 4.99 Å². The van der Waals surface area contributed by atoms with Crippen LogP contribution in [-0.4, -0.2) is 67.7 Å². The first-order valence-corrected chi connectivity index (χ1v) is 9.98. The third kappa shape index (κ3) is 8.29. The van der Waals surface area contributed by atoms with Crippen LogP contribution in [0.3, 0.4) is 0 Å². The van der Waals surface area contributed by atoms with Crippen molar-refractivity contribution in [2.75, 3.05) is 39.8 Å². The van der Waals surface area contributed by atoms with E-state index < -0.39 is 12.7 Å². The Morgan fingerprint density at radius 2 is 1.72 bits per heavy atom. The SMILES string of the molecule is CN=C(NCc1ccc(CN2CCCC2)cc1)NC1CCN(CC(F)(F)F)C1.I. The predicted octanol–water partition coefficient (Wildman–Crippen LogP) is 3.20.